The topological polar surface area (TPSA) is 62.6 Å². The van der Waals surface area contributed by atoms with E-state index in [1.54, 1.807) is 6.20 Å². The second-order valence-electron chi connectivity index (χ2n) is 8.71. The number of morpholine rings is 1. The van der Waals surface area contributed by atoms with E-state index in [-0.39, 0.29) is 5.91 Å². The highest BCUT2D eigenvalue weighted by molar-refractivity contribution is 5.94. The molecule has 1 N–H and O–H groups in total. The summed E-state index contributed by atoms with van der Waals surface area (Å²) in [4.78, 5) is 16.9. The normalized spacial score (nSPS) is 17.3. The Morgan fingerprint density at radius 2 is 1.64 bits per heavy atom. The molecule has 5 rings (SSSR count). The van der Waals surface area contributed by atoms with Crippen LogP contribution in [0.4, 0.5) is 5.69 Å². The lowest BCUT2D eigenvalue weighted by molar-refractivity contribution is 0.0303. The molecule has 0 saturated carbocycles. The number of anilines is 1. The maximum Gasteiger partial charge on any atom is 0.254 e. The summed E-state index contributed by atoms with van der Waals surface area (Å²) in [7, 11) is 0. The number of rotatable bonds is 6. The Labute approximate surface area is 195 Å². The summed E-state index contributed by atoms with van der Waals surface area (Å²) >= 11 is 0. The first-order valence-corrected chi connectivity index (χ1v) is 11.8. The van der Waals surface area contributed by atoms with Crippen LogP contribution < -0.4 is 10.2 Å². The molecule has 0 bridgehead atoms. The van der Waals surface area contributed by atoms with Gasteiger partial charge >= 0.3 is 0 Å². The summed E-state index contributed by atoms with van der Waals surface area (Å²) in [5, 5.41) is 7.99. The molecular weight excluding hydrogens is 414 g/mol. The lowest BCUT2D eigenvalue weighted by atomic mass is 10.0. The molecule has 3 aromatic rings. The van der Waals surface area contributed by atoms with E-state index in [0.717, 1.165) is 43.7 Å². The zero-order chi connectivity index (χ0) is 22.5. The van der Waals surface area contributed by atoms with Crippen molar-refractivity contribution in [3.05, 3.63) is 78.1 Å². The van der Waals surface area contributed by atoms with Crippen molar-refractivity contribution in [1.29, 1.82) is 0 Å². The van der Waals surface area contributed by atoms with Crippen molar-refractivity contribution >= 4 is 11.6 Å². The predicted molar refractivity (Wildman–Crippen MR) is 129 cm³/mol. The largest absolute Gasteiger partial charge is 0.378 e. The van der Waals surface area contributed by atoms with Gasteiger partial charge in [-0.1, -0.05) is 12.1 Å². The van der Waals surface area contributed by atoms with Crippen LogP contribution in [0, 0.1) is 0 Å². The van der Waals surface area contributed by atoms with Gasteiger partial charge in [0.25, 0.3) is 5.91 Å². The van der Waals surface area contributed by atoms with Crippen LogP contribution in [-0.4, -0.2) is 66.0 Å². The fourth-order valence-corrected chi connectivity index (χ4v) is 4.56. The molecule has 2 fully saturated rings. The summed E-state index contributed by atoms with van der Waals surface area (Å²) in [5.41, 5.74) is 4.32. The third kappa shape index (κ3) is 5.26. The molecule has 0 spiro atoms. The lowest BCUT2D eigenvalue weighted by Crippen LogP contribution is -2.42. The molecule has 7 heteroatoms. The van der Waals surface area contributed by atoms with Crippen LogP contribution in [0.5, 0.6) is 0 Å². The number of nitrogens with zero attached hydrogens (tertiary/aromatic N) is 4. The van der Waals surface area contributed by atoms with Crippen LogP contribution in [0.2, 0.25) is 0 Å². The van der Waals surface area contributed by atoms with E-state index < -0.39 is 0 Å². The van der Waals surface area contributed by atoms with Crippen LogP contribution in [0.15, 0.2) is 67.0 Å². The van der Waals surface area contributed by atoms with Gasteiger partial charge in [-0.15, -0.1) is 0 Å². The molecule has 0 radical (unpaired) electrons. The van der Waals surface area contributed by atoms with Gasteiger partial charge in [0.1, 0.15) is 0 Å². The molecular formula is C26H31N5O2. The molecule has 1 amide bonds. The van der Waals surface area contributed by atoms with E-state index in [9.17, 15) is 4.79 Å². The Morgan fingerprint density at radius 1 is 0.939 bits per heavy atom. The van der Waals surface area contributed by atoms with E-state index >= 15 is 0 Å². The first-order valence-electron chi connectivity index (χ1n) is 11.8. The number of piperidine rings is 1. The molecule has 1 aromatic heterocycles. The number of nitrogens with one attached hydrogen (secondary N) is 1. The van der Waals surface area contributed by atoms with Gasteiger partial charge in [-0.2, -0.15) is 5.10 Å². The maximum atomic E-state index is 12.6. The minimum atomic E-state index is 0.102. The Hall–Kier alpha value is -3.16. The van der Waals surface area contributed by atoms with Crippen LogP contribution in [0.25, 0.3) is 5.69 Å². The average Bonchev–Trinajstić information content (AvgIpc) is 3.43. The van der Waals surface area contributed by atoms with E-state index in [2.05, 4.69) is 51.7 Å². The first-order chi connectivity index (χ1) is 16.3. The summed E-state index contributed by atoms with van der Waals surface area (Å²) in [6.07, 6.45) is 5.97. The van der Waals surface area contributed by atoms with Gasteiger partial charge in [0.15, 0.2) is 0 Å². The van der Waals surface area contributed by atoms with E-state index in [4.69, 9.17) is 4.74 Å². The fourth-order valence-electron chi connectivity index (χ4n) is 4.56. The minimum absolute atomic E-state index is 0.102. The van der Waals surface area contributed by atoms with Gasteiger partial charge in [0.05, 0.1) is 18.9 Å². The van der Waals surface area contributed by atoms with E-state index in [0.29, 0.717) is 32.3 Å². The molecule has 2 aliphatic heterocycles. The number of carbonyl (C=O) groups excluding carboxylic acids is 1. The Balaban J connectivity index is 1.09. The first kappa shape index (κ1) is 21.7. The SMILES string of the molecule is O=C(c1ccc(N2CCC(NCc3ccc(-n4cccn4)cc3)CC2)cc1)N1CCOCC1. The smallest absolute Gasteiger partial charge is 0.254 e. The molecule has 0 unspecified atom stereocenters. The molecule has 3 heterocycles. The highest BCUT2D eigenvalue weighted by atomic mass is 16.5. The monoisotopic (exact) mass is 445 g/mol. The van der Waals surface area contributed by atoms with Gasteiger partial charge in [0.2, 0.25) is 0 Å². The molecule has 2 aliphatic rings. The number of ether oxygens (including phenoxy) is 1. The highest BCUT2D eigenvalue weighted by Gasteiger charge is 2.21. The third-order valence-corrected chi connectivity index (χ3v) is 6.57. The quantitative estimate of drug-likeness (QED) is 0.632. The fraction of sp³-hybridized carbons (Fsp3) is 0.385. The molecule has 2 saturated heterocycles. The summed E-state index contributed by atoms with van der Waals surface area (Å²) in [5.74, 6) is 0.102. The zero-order valence-corrected chi connectivity index (χ0v) is 18.9. The van der Waals surface area contributed by atoms with Gasteiger partial charge in [0, 0.05) is 62.4 Å². The van der Waals surface area contributed by atoms with Gasteiger partial charge < -0.3 is 19.9 Å². The third-order valence-electron chi connectivity index (χ3n) is 6.57. The minimum Gasteiger partial charge on any atom is -0.378 e. The van der Waals surface area contributed by atoms with Crippen LogP contribution in [-0.2, 0) is 11.3 Å². The lowest BCUT2D eigenvalue weighted by Gasteiger charge is -2.34. The predicted octanol–water partition coefficient (Wildman–Crippen LogP) is 3.10. The number of carbonyl (C=O) groups is 1. The Bertz CT molecular complexity index is 1020. The number of hydrogen-bond acceptors (Lipinski definition) is 5. The number of benzene rings is 2. The van der Waals surface area contributed by atoms with Crippen molar-refractivity contribution < 1.29 is 9.53 Å². The molecule has 172 valence electrons. The van der Waals surface area contributed by atoms with Gasteiger partial charge in [-0.3, -0.25) is 4.79 Å². The summed E-state index contributed by atoms with van der Waals surface area (Å²) in [6, 6.07) is 19.1. The van der Waals surface area contributed by atoms with E-state index in [1.165, 1.54) is 11.3 Å². The van der Waals surface area contributed by atoms with Gasteiger partial charge in [-0.05, 0) is 60.9 Å². The van der Waals surface area contributed by atoms with Crippen LogP contribution in [0.3, 0.4) is 0 Å². The second kappa shape index (κ2) is 10.2. The maximum absolute atomic E-state index is 12.6. The van der Waals surface area contributed by atoms with Crippen molar-refractivity contribution in [2.24, 2.45) is 0 Å². The Kier molecular flexibility index (Phi) is 6.69. The number of aromatic nitrogens is 2. The van der Waals surface area contributed by atoms with Crippen molar-refractivity contribution in [2.45, 2.75) is 25.4 Å². The molecule has 33 heavy (non-hydrogen) atoms. The van der Waals surface area contributed by atoms with E-state index in [1.807, 2.05) is 34.0 Å². The standard InChI is InChI=1S/C26H31N5O2/c32-26(30-16-18-33-19-17-30)22-4-8-24(9-5-22)29-14-10-23(11-15-29)27-20-21-2-6-25(7-3-21)31-13-1-12-28-31/h1-9,12-13,23,27H,10-11,14-20H2. The second-order valence-corrected chi connectivity index (χ2v) is 8.71. The van der Waals surface area contributed by atoms with Crippen molar-refractivity contribution in [3.63, 3.8) is 0 Å². The Morgan fingerprint density at radius 3 is 2.30 bits per heavy atom. The number of hydrogen-bond donors (Lipinski definition) is 1. The molecule has 2 aromatic carbocycles. The summed E-state index contributed by atoms with van der Waals surface area (Å²) < 4.78 is 7.22. The average molecular weight is 446 g/mol. The molecule has 0 atom stereocenters. The number of amides is 1. The van der Waals surface area contributed by atoms with Crippen molar-refractivity contribution in [1.82, 2.24) is 20.0 Å². The summed E-state index contributed by atoms with van der Waals surface area (Å²) in [6.45, 7) is 5.53. The van der Waals surface area contributed by atoms with Crippen molar-refractivity contribution in [3.8, 4) is 5.69 Å². The zero-order valence-electron chi connectivity index (χ0n) is 18.9. The van der Waals surface area contributed by atoms with Crippen molar-refractivity contribution in [2.75, 3.05) is 44.3 Å². The molecule has 7 nitrogen and oxygen atoms in total. The van der Waals surface area contributed by atoms with Gasteiger partial charge in [-0.25, -0.2) is 4.68 Å². The van der Waals surface area contributed by atoms with Crippen LogP contribution in [0.1, 0.15) is 28.8 Å². The van der Waals surface area contributed by atoms with Crippen LogP contribution >= 0.6 is 0 Å². The highest BCUT2D eigenvalue weighted by Crippen LogP contribution is 2.22. The molecule has 0 aliphatic carbocycles.